The molecule has 0 spiro atoms. The molecule has 0 aromatic carbocycles. The van der Waals surface area contributed by atoms with Crippen molar-refractivity contribution in [1.29, 1.82) is 0 Å². The van der Waals surface area contributed by atoms with Crippen LogP contribution in [0.5, 0.6) is 0 Å². The molecule has 1 atom stereocenters. The Morgan fingerprint density at radius 2 is 2.60 bits per heavy atom. The highest BCUT2D eigenvalue weighted by Gasteiger charge is 2.17. The number of ether oxygens (including phenoxy) is 1. The van der Waals surface area contributed by atoms with Gasteiger partial charge in [-0.2, -0.15) is 0 Å². The van der Waals surface area contributed by atoms with Crippen LogP contribution in [0.3, 0.4) is 0 Å². The zero-order valence-corrected chi connectivity index (χ0v) is 5.67. The van der Waals surface area contributed by atoms with Crippen LogP contribution in [0, 0.1) is 0 Å². The van der Waals surface area contributed by atoms with E-state index in [0.717, 1.165) is 0 Å². The Kier molecular flexibility index (Phi) is 2.65. The van der Waals surface area contributed by atoms with Gasteiger partial charge in [0.25, 0.3) is 0 Å². The van der Waals surface area contributed by atoms with E-state index in [1.165, 1.54) is 0 Å². The van der Waals surface area contributed by atoms with Gasteiger partial charge in [0.15, 0.2) is 0 Å². The van der Waals surface area contributed by atoms with Crippen LogP contribution >= 0.6 is 0 Å². The zero-order chi connectivity index (χ0) is 7.40. The highest BCUT2D eigenvalue weighted by Crippen LogP contribution is 1.97. The number of nitrogens with one attached hydrogen (secondary N) is 1. The van der Waals surface area contributed by atoms with Gasteiger partial charge in [0.1, 0.15) is 6.61 Å². The van der Waals surface area contributed by atoms with E-state index in [4.69, 9.17) is 9.84 Å². The van der Waals surface area contributed by atoms with Gasteiger partial charge < -0.3 is 15.2 Å². The van der Waals surface area contributed by atoms with Crippen molar-refractivity contribution in [3.63, 3.8) is 0 Å². The molecule has 4 heteroatoms. The molecule has 0 bridgehead atoms. The largest absolute Gasteiger partial charge is 0.396 e. The van der Waals surface area contributed by atoms with Crippen molar-refractivity contribution >= 4 is 5.91 Å². The van der Waals surface area contributed by atoms with Crippen molar-refractivity contribution in [3.05, 3.63) is 0 Å². The first-order valence-corrected chi connectivity index (χ1v) is 3.31. The molecule has 1 amide bonds. The van der Waals surface area contributed by atoms with Crippen molar-refractivity contribution < 1.29 is 14.6 Å². The second-order valence-corrected chi connectivity index (χ2v) is 2.29. The lowest BCUT2D eigenvalue weighted by Gasteiger charge is -2.22. The van der Waals surface area contributed by atoms with Crippen LogP contribution in [0.2, 0.25) is 0 Å². The normalized spacial score (nSPS) is 26.1. The molecule has 0 saturated carbocycles. The van der Waals surface area contributed by atoms with Gasteiger partial charge in [-0.3, -0.25) is 4.79 Å². The van der Waals surface area contributed by atoms with Crippen LogP contribution in [0.1, 0.15) is 6.42 Å². The quantitative estimate of drug-likeness (QED) is 0.517. The lowest BCUT2D eigenvalue weighted by atomic mass is 10.2. The minimum Gasteiger partial charge on any atom is -0.396 e. The fourth-order valence-electron chi connectivity index (χ4n) is 0.916. The summed E-state index contributed by atoms with van der Waals surface area (Å²) in [6.45, 7) is 0.766. The van der Waals surface area contributed by atoms with E-state index in [9.17, 15) is 4.79 Å². The van der Waals surface area contributed by atoms with Crippen LogP contribution in [0.15, 0.2) is 0 Å². The Balaban J connectivity index is 2.25. The Hall–Kier alpha value is -0.610. The minimum absolute atomic E-state index is 0.00579. The summed E-state index contributed by atoms with van der Waals surface area (Å²) in [5.41, 5.74) is 0. The number of hydrogen-bond acceptors (Lipinski definition) is 3. The molecular weight excluding hydrogens is 134 g/mol. The third-order valence-corrected chi connectivity index (χ3v) is 1.39. The average molecular weight is 145 g/mol. The summed E-state index contributed by atoms with van der Waals surface area (Å²) >= 11 is 0. The maximum atomic E-state index is 10.6. The van der Waals surface area contributed by atoms with Crippen LogP contribution in [0.4, 0.5) is 0 Å². The molecule has 0 aliphatic carbocycles. The fourth-order valence-corrected chi connectivity index (χ4v) is 0.916. The molecule has 0 aromatic heterocycles. The second kappa shape index (κ2) is 3.53. The first-order valence-electron chi connectivity index (χ1n) is 3.31. The number of carbonyl (C=O) groups is 1. The van der Waals surface area contributed by atoms with Crippen molar-refractivity contribution in [2.45, 2.75) is 12.5 Å². The van der Waals surface area contributed by atoms with Crippen LogP contribution < -0.4 is 5.32 Å². The van der Waals surface area contributed by atoms with E-state index in [1.54, 1.807) is 0 Å². The average Bonchev–Trinajstić information content (AvgIpc) is 1.88. The standard InChI is InChI=1S/C6H11NO3/c8-2-1-5-3-10-4-6(9)7-5/h5,8H,1-4H2,(H,7,9)/t5-/m1/s1. The van der Waals surface area contributed by atoms with E-state index in [-0.39, 0.29) is 25.2 Å². The van der Waals surface area contributed by atoms with Crippen molar-refractivity contribution in [2.24, 2.45) is 0 Å². The van der Waals surface area contributed by atoms with E-state index in [2.05, 4.69) is 5.32 Å². The molecule has 1 fully saturated rings. The Morgan fingerprint density at radius 1 is 1.80 bits per heavy atom. The zero-order valence-electron chi connectivity index (χ0n) is 5.67. The SMILES string of the molecule is O=C1COC[C@@H](CCO)N1. The lowest BCUT2D eigenvalue weighted by molar-refractivity contribution is -0.131. The maximum absolute atomic E-state index is 10.6. The molecule has 4 nitrogen and oxygen atoms in total. The van der Waals surface area contributed by atoms with Gasteiger partial charge in [-0.15, -0.1) is 0 Å². The lowest BCUT2D eigenvalue weighted by Crippen LogP contribution is -2.45. The minimum atomic E-state index is -0.0929. The van der Waals surface area contributed by atoms with Gasteiger partial charge in [-0.25, -0.2) is 0 Å². The number of rotatable bonds is 2. The number of carbonyl (C=O) groups excluding carboxylic acids is 1. The fraction of sp³-hybridized carbons (Fsp3) is 0.833. The summed E-state index contributed by atoms with van der Waals surface area (Å²) in [6, 6.07) is 0.00579. The molecule has 0 aromatic rings. The molecule has 1 heterocycles. The number of morpholine rings is 1. The molecule has 1 aliphatic rings. The number of amides is 1. The summed E-state index contributed by atoms with van der Waals surface area (Å²) in [5.74, 6) is -0.0929. The maximum Gasteiger partial charge on any atom is 0.246 e. The van der Waals surface area contributed by atoms with Gasteiger partial charge in [-0.05, 0) is 6.42 Å². The second-order valence-electron chi connectivity index (χ2n) is 2.29. The van der Waals surface area contributed by atoms with E-state index in [0.29, 0.717) is 13.0 Å². The number of aliphatic hydroxyl groups is 1. The molecule has 0 unspecified atom stereocenters. The summed E-state index contributed by atoms with van der Waals surface area (Å²) in [5, 5.41) is 11.2. The van der Waals surface area contributed by atoms with Gasteiger partial charge >= 0.3 is 0 Å². The molecular formula is C6H11NO3. The van der Waals surface area contributed by atoms with E-state index < -0.39 is 0 Å². The molecule has 0 radical (unpaired) electrons. The molecule has 2 N–H and O–H groups in total. The summed E-state index contributed by atoms with van der Waals surface area (Å²) in [7, 11) is 0. The molecule has 1 saturated heterocycles. The topological polar surface area (TPSA) is 58.6 Å². The molecule has 58 valence electrons. The Bertz CT molecular complexity index is 124. The third kappa shape index (κ3) is 1.97. The van der Waals surface area contributed by atoms with Gasteiger partial charge in [-0.1, -0.05) is 0 Å². The van der Waals surface area contributed by atoms with Gasteiger partial charge in [0, 0.05) is 6.61 Å². The van der Waals surface area contributed by atoms with Crippen LogP contribution in [0.25, 0.3) is 0 Å². The highest BCUT2D eigenvalue weighted by atomic mass is 16.5. The van der Waals surface area contributed by atoms with Crippen molar-refractivity contribution in [1.82, 2.24) is 5.32 Å². The number of hydrogen-bond donors (Lipinski definition) is 2. The summed E-state index contributed by atoms with van der Waals surface area (Å²) < 4.78 is 4.92. The summed E-state index contributed by atoms with van der Waals surface area (Å²) in [6.07, 6.45) is 0.575. The molecule has 1 aliphatic heterocycles. The Morgan fingerprint density at radius 3 is 3.20 bits per heavy atom. The van der Waals surface area contributed by atoms with Gasteiger partial charge in [0.05, 0.1) is 12.6 Å². The molecule has 1 rings (SSSR count). The predicted octanol–water partition coefficient (Wildman–Crippen LogP) is -1.12. The number of aliphatic hydroxyl groups excluding tert-OH is 1. The smallest absolute Gasteiger partial charge is 0.246 e. The summed E-state index contributed by atoms with van der Waals surface area (Å²) in [4.78, 5) is 10.6. The Labute approximate surface area is 59.2 Å². The molecule has 10 heavy (non-hydrogen) atoms. The third-order valence-electron chi connectivity index (χ3n) is 1.39. The van der Waals surface area contributed by atoms with Crippen molar-refractivity contribution in [3.8, 4) is 0 Å². The van der Waals surface area contributed by atoms with Crippen LogP contribution in [-0.4, -0.2) is 36.9 Å². The van der Waals surface area contributed by atoms with Gasteiger partial charge in [0.2, 0.25) is 5.91 Å². The van der Waals surface area contributed by atoms with Crippen LogP contribution in [-0.2, 0) is 9.53 Å². The first-order chi connectivity index (χ1) is 4.83. The van der Waals surface area contributed by atoms with E-state index in [1.807, 2.05) is 0 Å². The van der Waals surface area contributed by atoms with Crippen molar-refractivity contribution in [2.75, 3.05) is 19.8 Å². The highest BCUT2D eigenvalue weighted by molar-refractivity contribution is 5.78. The monoisotopic (exact) mass is 145 g/mol. The first kappa shape index (κ1) is 7.50. The van der Waals surface area contributed by atoms with E-state index >= 15 is 0 Å². The predicted molar refractivity (Wildman–Crippen MR) is 34.5 cm³/mol.